The Balaban J connectivity index is 2.34. The van der Waals surface area contributed by atoms with Crippen LogP contribution in [0.4, 0.5) is 13.2 Å². The molecule has 2 nitrogen and oxygen atoms in total. The van der Waals surface area contributed by atoms with Gasteiger partial charge >= 0.3 is 0 Å². The molecule has 1 unspecified atom stereocenters. The molecular formula is C16H16F3NO. The number of benzene rings is 2. The molecule has 0 aliphatic rings. The molecule has 1 atom stereocenters. The summed E-state index contributed by atoms with van der Waals surface area (Å²) in [6.45, 7) is 3.28. The summed E-state index contributed by atoms with van der Waals surface area (Å²) in [5.74, 6) is -3.24. The number of hydrogen-bond donors (Lipinski definition) is 1. The number of rotatable bonds is 4. The highest BCUT2D eigenvalue weighted by molar-refractivity contribution is 5.38. The number of ether oxygens (including phenoxy) is 1. The third kappa shape index (κ3) is 3.55. The molecule has 0 aliphatic carbocycles. The Bertz CT molecular complexity index is 633. The molecule has 0 aliphatic heterocycles. The highest BCUT2D eigenvalue weighted by Gasteiger charge is 2.16. The van der Waals surface area contributed by atoms with Gasteiger partial charge in [-0.15, -0.1) is 0 Å². The van der Waals surface area contributed by atoms with Crippen LogP contribution < -0.4 is 10.5 Å². The van der Waals surface area contributed by atoms with Crippen molar-refractivity contribution >= 4 is 0 Å². The molecule has 0 radical (unpaired) electrons. The molecule has 0 aromatic heterocycles. The molecule has 2 N–H and O–H groups in total. The van der Waals surface area contributed by atoms with Crippen LogP contribution >= 0.6 is 0 Å². The van der Waals surface area contributed by atoms with Crippen molar-refractivity contribution in [1.82, 2.24) is 0 Å². The van der Waals surface area contributed by atoms with Gasteiger partial charge in [0.25, 0.3) is 0 Å². The van der Waals surface area contributed by atoms with Gasteiger partial charge in [-0.1, -0.05) is 12.1 Å². The van der Waals surface area contributed by atoms with Crippen molar-refractivity contribution in [1.29, 1.82) is 0 Å². The van der Waals surface area contributed by atoms with Crippen LogP contribution in [0, 0.1) is 24.4 Å². The first-order valence-electron chi connectivity index (χ1n) is 6.55. The fraction of sp³-hybridized carbons (Fsp3) is 0.250. The molecule has 0 bridgehead atoms. The van der Waals surface area contributed by atoms with Crippen LogP contribution in [0.2, 0.25) is 0 Å². The van der Waals surface area contributed by atoms with Gasteiger partial charge in [-0.25, -0.2) is 13.2 Å². The third-order valence-corrected chi connectivity index (χ3v) is 2.98. The molecule has 0 fully saturated rings. The van der Waals surface area contributed by atoms with Gasteiger partial charge < -0.3 is 10.5 Å². The minimum absolute atomic E-state index is 0.215. The van der Waals surface area contributed by atoms with E-state index in [4.69, 9.17) is 10.5 Å². The lowest BCUT2D eigenvalue weighted by atomic mass is 10.1. The second-order valence-corrected chi connectivity index (χ2v) is 5.06. The first kappa shape index (κ1) is 15.4. The summed E-state index contributed by atoms with van der Waals surface area (Å²) in [6, 6.07) is 6.49. The van der Waals surface area contributed by atoms with E-state index in [0.29, 0.717) is 17.5 Å². The van der Waals surface area contributed by atoms with Gasteiger partial charge in [0.2, 0.25) is 0 Å². The lowest BCUT2D eigenvalue weighted by Gasteiger charge is -2.12. The summed E-state index contributed by atoms with van der Waals surface area (Å²) in [4.78, 5) is 0. The van der Waals surface area contributed by atoms with Gasteiger partial charge in [0, 0.05) is 6.04 Å². The SMILES string of the molecule is Cc1cccc(Oc2c(F)cc(CC(C)N)cc2F)c1F. The summed E-state index contributed by atoms with van der Waals surface area (Å²) in [7, 11) is 0. The average molecular weight is 295 g/mol. The standard InChI is InChI=1S/C16H16F3NO/c1-9-4-3-5-14(15(9)19)21-16-12(17)7-11(6-10(2)20)8-13(16)18/h3-5,7-8,10H,6,20H2,1-2H3. The Morgan fingerprint density at radius 1 is 1.14 bits per heavy atom. The monoisotopic (exact) mass is 295 g/mol. The average Bonchev–Trinajstić information content (AvgIpc) is 2.38. The van der Waals surface area contributed by atoms with Gasteiger partial charge in [-0.3, -0.25) is 0 Å². The fourth-order valence-electron chi connectivity index (χ4n) is 2.01. The van der Waals surface area contributed by atoms with Crippen molar-refractivity contribution < 1.29 is 17.9 Å². The predicted octanol–water partition coefficient (Wildman–Crippen LogP) is 4.09. The van der Waals surface area contributed by atoms with Crippen LogP contribution in [0.3, 0.4) is 0 Å². The van der Waals surface area contributed by atoms with Crippen molar-refractivity contribution in [3.8, 4) is 11.5 Å². The van der Waals surface area contributed by atoms with E-state index >= 15 is 0 Å². The molecule has 0 amide bonds. The van der Waals surface area contributed by atoms with E-state index in [9.17, 15) is 13.2 Å². The molecule has 112 valence electrons. The van der Waals surface area contributed by atoms with Crippen LogP contribution in [-0.2, 0) is 6.42 Å². The molecule has 0 saturated heterocycles. The molecule has 2 aromatic rings. The molecule has 2 rings (SSSR count). The van der Waals surface area contributed by atoms with Crippen molar-refractivity contribution in [2.24, 2.45) is 5.73 Å². The van der Waals surface area contributed by atoms with E-state index in [1.165, 1.54) is 6.07 Å². The lowest BCUT2D eigenvalue weighted by molar-refractivity contribution is 0.385. The maximum Gasteiger partial charge on any atom is 0.198 e. The summed E-state index contributed by atoms with van der Waals surface area (Å²) in [6.07, 6.45) is 0.340. The summed E-state index contributed by atoms with van der Waals surface area (Å²) >= 11 is 0. The lowest BCUT2D eigenvalue weighted by Crippen LogP contribution is -2.18. The van der Waals surface area contributed by atoms with E-state index < -0.39 is 23.2 Å². The van der Waals surface area contributed by atoms with Crippen molar-refractivity contribution in [3.63, 3.8) is 0 Å². The second kappa shape index (κ2) is 6.18. The normalized spacial score (nSPS) is 12.3. The maximum absolute atomic E-state index is 14.0. The van der Waals surface area contributed by atoms with Crippen LogP contribution in [0.15, 0.2) is 30.3 Å². The molecule has 0 spiro atoms. The van der Waals surface area contributed by atoms with Gasteiger partial charge in [0.1, 0.15) is 0 Å². The summed E-state index contributed by atoms with van der Waals surface area (Å²) in [5.41, 5.74) is 6.36. The highest BCUT2D eigenvalue weighted by Crippen LogP contribution is 2.31. The van der Waals surface area contributed by atoms with Crippen molar-refractivity contribution in [3.05, 3.63) is 58.9 Å². The smallest absolute Gasteiger partial charge is 0.198 e. The molecule has 5 heteroatoms. The zero-order valence-electron chi connectivity index (χ0n) is 11.8. The van der Waals surface area contributed by atoms with E-state index in [1.807, 2.05) is 0 Å². The quantitative estimate of drug-likeness (QED) is 0.922. The first-order valence-corrected chi connectivity index (χ1v) is 6.55. The molecular weight excluding hydrogens is 279 g/mol. The Hall–Kier alpha value is -2.01. The third-order valence-electron chi connectivity index (χ3n) is 2.98. The van der Waals surface area contributed by atoms with Gasteiger partial charge in [0.15, 0.2) is 29.0 Å². The topological polar surface area (TPSA) is 35.2 Å². The second-order valence-electron chi connectivity index (χ2n) is 5.06. The van der Waals surface area contributed by atoms with E-state index in [-0.39, 0.29) is 11.8 Å². The maximum atomic E-state index is 14.0. The molecule has 2 aromatic carbocycles. The van der Waals surface area contributed by atoms with Crippen molar-refractivity contribution in [2.75, 3.05) is 0 Å². The van der Waals surface area contributed by atoms with Crippen LogP contribution in [0.5, 0.6) is 11.5 Å². The highest BCUT2D eigenvalue weighted by atomic mass is 19.1. The first-order chi connectivity index (χ1) is 9.88. The fourth-order valence-corrected chi connectivity index (χ4v) is 2.01. The number of aryl methyl sites for hydroxylation is 1. The van der Waals surface area contributed by atoms with E-state index in [1.54, 1.807) is 26.0 Å². The van der Waals surface area contributed by atoms with Gasteiger partial charge in [0.05, 0.1) is 0 Å². The Kier molecular flexibility index (Phi) is 4.53. The Morgan fingerprint density at radius 3 is 2.33 bits per heavy atom. The number of hydrogen-bond acceptors (Lipinski definition) is 2. The Morgan fingerprint density at radius 2 is 1.76 bits per heavy atom. The van der Waals surface area contributed by atoms with Crippen LogP contribution in [0.25, 0.3) is 0 Å². The number of nitrogens with two attached hydrogens (primary N) is 1. The van der Waals surface area contributed by atoms with Crippen molar-refractivity contribution in [2.45, 2.75) is 26.3 Å². The number of halogens is 3. The minimum Gasteiger partial charge on any atom is -0.448 e. The van der Waals surface area contributed by atoms with Crippen LogP contribution in [0.1, 0.15) is 18.1 Å². The Labute approximate surface area is 121 Å². The molecule has 0 saturated carbocycles. The zero-order chi connectivity index (χ0) is 15.6. The largest absolute Gasteiger partial charge is 0.448 e. The van der Waals surface area contributed by atoms with Gasteiger partial charge in [-0.2, -0.15) is 0 Å². The van der Waals surface area contributed by atoms with E-state index in [2.05, 4.69) is 0 Å². The van der Waals surface area contributed by atoms with Gasteiger partial charge in [-0.05, 0) is 49.6 Å². The minimum atomic E-state index is -0.883. The zero-order valence-corrected chi connectivity index (χ0v) is 11.8. The summed E-state index contributed by atoms with van der Waals surface area (Å²) in [5, 5.41) is 0. The van der Waals surface area contributed by atoms with E-state index in [0.717, 1.165) is 12.1 Å². The summed E-state index contributed by atoms with van der Waals surface area (Å²) < 4.78 is 46.8. The van der Waals surface area contributed by atoms with Crippen LogP contribution in [-0.4, -0.2) is 6.04 Å². The predicted molar refractivity (Wildman–Crippen MR) is 74.9 cm³/mol. The molecule has 21 heavy (non-hydrogen) atoms. The molecule has 0 heterocycles.